The lowest BCUT2D eigenvalue weighted by Gasteiger charge is -2.06. The molecule has 0 aromatic carbocycles. The predicted molar refractivity (Wildman–Crippen MR) is 269 cm³/mol. The normalized spacial score (nSPS) is 11.4. The summed E-state index contributed by atoms with van der Waals surface area (Å²) in [5, 5.41) is 14.1. The van der Waals surface area contributed by atoms with Gasteiger partial charge in [0.15, 0.2) is 0 Å². The van der Waals surface area contributed by atoms with Gasteiger partial charge in [0.25, 0.3) is 0 Å². The van der Waals surface area contributed by atoms with Crippen molar-refractivity contribution in [3.05, 3.63) is 0 Å². The fourth-order valence-electron chi connectivity index (χ4n) is 8.58. The molecule has 6 nitrogen and oxygen atoms in total. The Bertz CT molecular complexity index is 902. The smallest absolute Gasteiger partial charge is 0.322 e. The van der Waals surface area contributed by atoms with Crippen molar-refractivity contribution < 1.29 is 19.5 Å². The zero-order valence-electron chi connectivity index (χ0n) is 40.9. The Balaban J connectivity index is 3.15. The molecule has 3 N–H and O–H groups in total. The highest BCUT2D eigenvalue weighted by atomic mass is 32.2. The molecule has 0 saturated heterocycles. The summed E-state index contributed by atoms with van der Waals surface area (Å²) in [5.41, 5.74) is 0. The Kier molecular flexibility index (Phi) is 52.0. The number of unbranched alkanes of at least 4 members (excludes halogenated alkanes) is 41. The van der Waals surface area contributed by atoms with Gasteiger partial charge in [-0.15, -0.1) is 0 Å². The van der Waals surface area contributed by atoms with E-state index in [-0.39, 0.29) is 18.4 Å². The molecule has 0 aliphatic heterocycles. The molecule has 0 heterocycles. The lowest BCUT2D eigenvalue weighted by molar-refractivity contribution is -0.138. The van der Waals surface area contributed by atoms with Gasteiger partial charge in [0.05, 0.1) is 0 Å². The molecule has 362 valence electrons. The first kappa shape index (κ1) is 59.8. The number of carboxylic acids is 1. The number of amides is 2. The van der Waals surface area contributed by atoms with E-state index in [9.17, 15) is 14.4 Å². The van der Waals surface area contributed by atoms with Crippen LogP contribution in [0.15, 0.2) is 0 Å². The lowest BCUT2D eigenvalue weighted by Crippen LogP contribution is -2.28. The molecule has 0 aromatic heterocycles. The van der Waals surface area contributed by atoms with E-state index >= 15 is 0 Å². The van der Waals surface area contributed by atoms with Crippen LogP contribution in [0.3, 0.4) is 0 Å². The third-order valence-electron chi connectivity index (χ3n) is 12.7. The van der Waals surface area contributed by atoms with Crippen LogP contribution in [0.2, 0.25) is 0 Å². The second kappa shape index (κ2) is 53.1. The number of aliphatic carboxylic acids is 1. The van der Waals surface area contributed by atoms with E-state index in [0.29, 0.717) is 12.8 Å². The number of carboxylic acid groups (broad SMARTS) is 1. The highest BCUT2D eigenvalue weighted by Gasteiger charge is 2.04. The molecule has 0 spiro atoms. The predicted octanol–water partition coefficient (Wildman–Crippen LogP) is 17.0. The fourth-order valence-corrected chi connectivity index (χ4v) is 9.60. The molecular weight excluding hydrogens is 773 g/mol. The standard InChI is InChI=1S/C54H106N2O4S/c1-2-3-4-5-6-7-29-34-39-44-49-61-50-45-40-35-30-25-23-21-19-17-15-13-11-9-8-10-12-14-16-18-20-22-24-26-31-36-41-46-52(57)55-48-43-38-33-28-27-32-37-42-47-53(58)56-51-54(59)60/h2-51H2,1H3,(H,55,57)(H,56,58)(H,59,60). The summed E-state index contributed by atoms with van der Waals surface area (Å²) in [6.07, 6.45) is 60.9. The van der Waals surface area contributed by atoms with Gasteiger partial charge >= 0.3 is 5.97 Å². The average molecular weight is 880 g/mol. The number of thioether (sulfide) groups is 1. The van der Waals surface area contributed by atoms with Gasteiger partial charge in [0, 0.05) is 19.4 Å². The molecule has 0 atom stereocenters. The van der Waals surface area contributed by atoms with Crippen LogP contribution in [0.25, 0.3) is 0 Å². The minimum atomic E-state index is -1.00. The summed E-state index contributed by atoms with van der Waals surface area (Å²) in [4.78, 5) is 34.1. The number of nitrogens with one attached hydrogen (secondary N) is 2. The first-order chi connectivity index (χ1) is 30.1. The van der Waals surface area contributed by atoms with E-state index < -0.39 is 5.97 Å². The quantitative estimate of drug-likeness (QED) is 0.0529. The summed E-state index contributed by atoms with van der Waals surface area (Å²) in [7, 11) is 0. The van der Waals surface area contributed by atoms with Crippen molar-refractivity contribution in [2.24, 2.45) is 0 Å². The Hall–Kier alpha value is -1.24. The molecule has 0 bridgehead atoms. The van der Waals surface area contributed by atoms with Crippen molar-refractivity contribution in [2.45, 2.75) is 302 Å². The molecule has 2 amide bonds. The van der Waals surface area contributed by atoms with E-state index in [2.05, 4.69) is 29.3 Å². The minimum Gasteiger partial charge on any atom is -0.480 e. The lowest BCUT2D eigenvalue weighted by atomic mass is 10.0. The molecule has 0 rings (SSSR count). The van der Waals surface area contributed by atoms with Gasteiger partial charge in [-0.2, -0.15) is 11.8 Å². The highest BCUT2D eigenvalue weighted by molar-refractivity contribution is 7.99. The fraction of sp³-hybridized carbons (Fsp3) is 0.944. The van der Waals surface area contributed by atoms with Gasteiger partial charge in [-0.3, -0.25) is 14.4 Å². The monoisotopic (exact) mass is 879 g/mol. The maximum absolute atomic E-state index is 12.1. The van der Waals surface area contributed by atoms with Crippen molar-refractivity contribution in [3.8, 4) is 0 Å². The molecule has 0 radical (unpaired) electrons. The van der Waals surface area contributed by atoms with Crippen LogP contribution in [-0.2, 0) is 14.4 Å². The van der Waals surface area contributed by atoms with Crippen molar-refractivity contribution in [2.75, 3.05) is 24.6 Å². The van der Waals surface area contributed by atoms with E-state index in [4.69, 9.17) is 5.11 Å². The van der Waals surface area contributed by atoms with Crippen molar-refractivity contribution >= 4 is 29.5 Å². The Morgan fingerprint density at radius 1 is 0.328 bits per heavy atom. The van der Waals surface area contributed by atoms with E-state index in [0.717, 1.165) is 45.1 Å². The number of carbonyl (C=O) groups excluding carboxylic acids is 2. The molecular formula is C54H106N2O4S. The van der Waals surface area contributed by atoms with Crippen molar-refractivity contribution in [3.63, 3.8) is 0 Å². The molecule has 0 aromatic rings. The highest BCUT2D eigenvalue weighted by Crippen LogP contribution is 2.18. The first-order valence-electron chi connectivity index (χ1n) is 27.4. The second-order valence-corrected chi connectivity index (χ2v) is 20.1. The van der Waals surface area contributed by atoms with E-state index in [1.807, 2.05) is 0 Å². The van der Waals surface area contributed by atoms with Crippen LogP contribution >= 0.6 is 11.8 Å². The summed E-state index contributed by atoms with van der Waals surface area (Å²) in [6.45, 7) is 2.81. The third kappa shape index (κ3) is 54.8. The largest absolute Gasteiger partial charge is 0.480 e. The van der Waals surface area contributed by atoms with Crippen LogP contribution < -0.4 is 10.6 Å². The number of hydrogen-bond acceptors (Lipinski definition) is 4. The molecule has 0 saturated carbocycles. The Morgan fingerprint density at radius 3 is 0.869 bits per heavy atom. The van der Waals surface area contributed by atoms with Gasteiger partial charge < -0.3 is 15.7 Å². The number of hydrogen-bond donors (Lipinski definition) is 3. The molecule has 7 heteroatoms. The van der Waals surface area contributed by atoms with Crippen LogP contribution in [0.4, 0.5) is 0 Å². The molecule has 61 heavy (non-hydrogen) atoms. The van der Waals surface area contributed by atoms with Gasteiger partial charge in [0.1, 0.15) is 6.54 Å². The average Bonchev–Trinajstić information content (AvgIpc) is 3.25. The topological polar surface area (TPSA) is 95.5 Å². The summed E-state index contributed by atoms with van der Waals surface area (Å²) >= 11 is 2.21. The minimum absolute atomic E-state index is 0.174. The molecule has 0 aliphatic rings. The van der Waals surface area contributed by atoms with Crippen molar-refractivity contribution in [1.82, 2.24) is 10.6 Å². The summed E-state index contributed by atoms with van der Waals surface area (Å²) in [5.74, 6) is 1.83. The summed E-state index contributed by atoms with van der Waals surface area (Å²) in [6, 6.07) is 0. The zero-order chi connectivity index (χ0) is 44.2. The molecule has 0 aliphatic carbocycles. The Morgan fingerprint density at radius 2 is 0.574 bits per heavy atom. The Labute approximate surface area is 385 Å². The maximum Gasteiger partial charge on any atom is 0.322 e. The zero-order valence-corrected chi connectivity index (χ0v) is 41.8. The van der Waals surface area contributed by atoms with Gasteiger partial charge in [-0.05, 0) is 43.6 Å². The number of carbonyl (C=O) groups is 3. The summed E-state index contributed by atoms with van der Waals surface area (Å²) < 4.78 is 0. The molecule has 0 unspecified atom stereocenters. The second-order valence-electron chi connectivity index (χ2n) is 18.8. The van der Waals surface area contributed by atoms with Crippen LogP contribution in [-0.4, -0.2) is 47.5 Å². The van der Waals surface area contributed by atoms with Crippen LogP contribution in [0.1, 0.15) is 302 Å². The van der Waals surface area contributed by atoms with Gasteiger partial charge in [0.2, 0.25) is 11.8 Å². The van der Waals surface area contributed by atoms with Gasteiger partial charge in [-0.1, -0.05) is 257 Å². The van der Waals surface area contributed by atoms with E-state index in [1.165, 1.54) is 255 Å². The van der Waals surface area contributed by atoms with Crippen LogP contribution in [0, 0.1) is 0 Å². The third-order valence-corrected chi connectivity index (χ3v) is 13.8. The number of rotatable bonds is 53. The van der Waals surface area contributed by atoms with E-state index in [1.54, 1.807) is 0 Å². The van der Waals surface area contributed by atoms with Gasteiger partial charge in [-0.25, -0.2) is 0 Å². The molecule has 0 fully saturated rings. The maximum atomic E-state index is 12.1. The van der Waals surface area contributed by atoms with Crippen molar-refractivity contribution in [1.29, 1.82) is 0 Å². The SMILES string of the molecule is CCCCCCCCCCCCSCCCCCCCCCCCCCCCCCCCCCCCCCCCCC(=O)NCCCCCCCCCCC(=O)NCC(=O)O. The van der Waals surface area contributed by atoms with Crippen LogP contribution in [0.5, 0.6) is 0 Å². The first-order valence-corrected chi connectivity index (χ1v) is 28.5.